The van der Waals surface area contributed by atoms with Gasteiger partial charge in [0.2, 0.25) is 5.91 Å². The normalized spacial score (nSPS) is 13.4. The molecule has 0 spiro atoms. The third-order valence-electron chi connectivity index (χ3n) is 5.23. The SMILES string of the molecule is O=C(CCCC(=O)OCCCc1ccccc1)Nc1ccccc1C(=O)N1CCOCC1. The summed E-state index contributed by atoms with van der Waals surface area (Å²) in [7, 11) is 0. The van der Waals surface area contributed by atoms with E-state index in [0.29, 0.717) is 50.6 Å². The highest BCUT2D eigenvalue weighted by atomic mass is 16.5. The average molecular weight is 439 g/mol. The maximum atomic E-state index is 12.8. The number of aryl methyl sites for hydroxylation is 1. The van der Waals surface area contributed by atoms with Gasteiger partial charge in [0.15, 0.2) is 0 Å². The minimum atomic E-state index is -0.297. The highest BCUT2D eigenvalue weighted by molar-refractivity contribution is 6.03. The molecular weight excluding hydrogens is 408 g/mol. The van der Waals surface area contributed by atoms with E-state index < -0.39 is 0 Å². The first-order chi connectivity index (χ1) is 15.6. The molecule has 1 heterocycles. The first-order valence-corrected chi connectivity index (χ1v) is 11.1. The molecule has 7 nitrogen and oxygen atoms in total. The number of carbonyl (C=O) groups is 3. The summed E-state index contributed by atoms with van der Waals surface area (Å²) in [6, 6.07) is 17.0. The molecule has 1 aliphatic rings. The molecule has 7 heteroatoms. The topological polar surface area (TPSA) is 84.9 Å². The molecule has 0 aromatic heterocycles. The summed E-state index contributed by atoms with van der Waals surface area (Å²) in [6.45, 7) is 2.48. The van der Waals surface area contributed by atoms with E-state index in [1.165, 1.54) is 5.56 Å². The van der Waals surface area contributed by atoms with Crippen molar-refractivity contribution in [2.45, 2.75) is 32.1 Å². The second kappa shape index (κ2) is 12.6. The summed E-state index contributed by atoms with van der Waals surface area (Å²) in [6.07, 6.45) is 2.39. The first-order valence-electron chi connectivity index (χ1n) is 11.1. The molecular formula is C25H30N2O5. The predicted octanol–water partition coefficient (Wildman–Crippen LogP) is 3.44. The van der Waals surface area contributed by atoms with Crippen LogP contribution in [-0.4, -0.2) is 55.6 Å². The van der Waals surface area contributed by atoms with E-state index in [1.54, 1.807) is 29.2 Å². The van der Waals surface area contributed by atoms with Gasteiger partial charge in [0, 0.05) is 25.9 Å². The summed E-state index contributed by atoms with van der Waals surface area (Å²) in [5, 5.41) is 2.80. The molecule has 2 aromatic carbocycles. The van der Waals surface area contributed by atoms with Gasteiger partial charge in [0.1, 0.15) is 0 Å². The predicted molar refractivity (Wildman–Crippen MR) is 121 cm³/mol. The maximum absolute atomic E-state index is 12.8. The van der Waals surface area contributed by atoms with Gasteiger partial charge in [-0.3, -0.25) is 14.4 Å². The molecule has 0 unspecified atom stereocenters. The van der Waals surface area contributed by atoms with E-state index in [4.69, 9.17) is 9.47 Å². The van der Waals surface area contributed by atoms with Gasteiger partial charge >= 0.3 is 5.97 Å². The average Bonchev–Trinajstić information content (AvgIpc) is 2.83. The first kappa shape index (κ1) is 23.5. The molecule has 0 aliphatic carbocycles. The minimum Gasteiger partial charge on any atom is -0.466 e. The van der Waals surface area contributed by atoms with E-state index in [1.807, 2.05) is 30.3 Å². The number of para-hydroxylation sites is 1. The largest absolute Gasteiger partial charge is 0.466 e. The van der Waals surface area contributed by atoms with Crippen LogP contribution in [0.5, 0.6) is 0 Å². The molecule has 0 bridgehead atoms. The fraction of sp³-hybridized carbons (Fsp3) is 0.400. The molecule has 0 radical (unpaired) electrons. The number of carbonyl (C=O) groups excluding carboxylic acids is 3. The molecule has 0 saturated carbocycles. The van der Waals surface area contributed by atoms with Gasteiger partial charge in [-0.25, -0.2) is 0 Å². The lowest BCUT2D eigenvalue weighted by Gasteiger charge is -2.27. The Kier molecular flexibility index (Phi) is 9.25. The zero-order valence-electron chi connectivity index (χ0n) is 18.3. The lowest BCUT2D eigenvalue weighted by atomic mass is 10.1. The van der Waals surface area contributed by atoms with Gasteiger partial charge in [-0.1, -0.05) is 42.5 Å². The Bertz CT molecular complexity index is 894. The Balaban J connectivity index is 1.36. The molecule has 2 amide bonds. The fourth-order valence-electron chi connectivity index (χ4n) is 3.50. The quantitative estimate of drug-likeness (QED) is 0.454. The molecule has 1 fully saturated rings. The number of ether oxygens (including phenoxy) is 2. The van der Waals surface area contributed by atoms with Crippen LogP contribution in [0.25, 0.3) is 0 Å². The molecule has 1 saturated heterocycles. The van der Waals surface area contributed by atoms with E-state index in [-0.39, 0.29) is 30.6 Å². The van der Waals surface area contributed by atoms with Gasteiger partial charge in [-0.2, -0.15) is 0 Å². The second-order valence-electron chi connectivity index (χ2n) is 7.66. The van der Waals surface area contributed by atoms with Gasteiger partial charge in [0.25, 0.3) is 5.91 Å². The number of nitrogens with one attached hydrogen (secondary N) is 1. The Labute approximate surface area is 188 Å². The van der Waals surface area contributed by atoms with Gasteiger partial charge in [-0.15, -0.1) is 0 Å². The second-order valence-corrected chi connectivity index (χ2v) is 7.66. The molecule has 2 aromatic rings. The molecule has 170 valence electrons. The third kappa shape index (κ3) is 7.50. The number of nitrogens with zero attached hydrogens (tertiary/aromatic N) is 1. The number of morpholine rings is 1. The Hall–Kier alpha value is -3.19. The van der Waals surface area contributed by atoms with Gasteiger partial charge < -0.3 is 19.7 Å². The van der Waals surface area contributed by atoms with Crippen LogP contribution in [0.15, 0.2) is 54.6 Å². The van der Waals surface area contributed by atoms with Crippen molar-refractivity contribution >= 4 is 23.5 Å². The van der Waals surface area contributed by atoms with Gasteiger partial charge in [0.05, 0.1) is 31.1 Å². The summed E-state index contributed by atoms with van der Waals surface area (Å²) in [5.74, 6) is -0.652. The number of hydrogen-bond acceptors (Lipinski definition) is 5. The monoisotopic (exact) mass is 438 g/mol. The number of esters is 1. The highest BCUT2D eigenvalue weighted by Crippen LogP contribution is 2.19. The van der Waals surface area contributed by atoms with Crippen molar-refractivity contribution in [3.8, 4) is 0 Å². The van der Waals surface area contributed by atoms with E-state index >= 15 is 0 Å². The van der Waals surface area contributed by atoms with Crippen LogP contribution < -0.4 is 5.32 Å². The third-order valence-corrected chi connectivity index (χ3v) is 5.23. The Morgan fingerprint density at radius 2 is 1.62 bits per heavy atom. The number of amides is 2. The Morgan fingerprint density at radius 3 is 2.41 bits per heavy atom. The standard InChI is InChI=1S/C25H30N2O5/c28-23(13-6-14-24(29)32-17-7-10-20-8-2-1-3-9-20)26-22-12-5-4-11-21(22)25(30)27-15-18-31-19-16-27/h1-5,8-9,11-12H,6-7,10,13-19H2,(H,26,28). The minimum absolute atomic E-state index is 0.122. The smallest absolute Gasteiger partial charge is 0.305 e. The zero-order chi connectivity index (χ0) is 22.6. The Morgan fingerprint density at radius 1 is 0.906 bits per heavy atom. The van der Waals surface area contributed by atoms with Crippen LogP contribution in [0, 0.1) is 0 Å². The van der Waals surface area contributed by atoms with Crippen molar-refractivity contribution in [1.82, 2.24) is 4.90 Å². The number of benzene rings is 2. The fourth-order valence-corrected chi connectivity index (χ4v) is 3.50. The van der Waals surface area contributed by atoms with Crippen molar-refractivity contribution in [3.63, 3.8) is 0 Å². The summed E-state index contributed by atoms with van der Waals surface area (Å²) >= 11 is 0. The summed E-state index contributed by atoms with van der Waals surface area (Å²) < 4.78 is 10.5. The molecule has 1 aliphatic heterocycles. The van der Waals surface area contributed by atoms with Gasteiger partial charge in [-0.05, 0) is 37.0 Å². The number of anilines is 1. The lowest BCUT2D eigenvalue weighted by molar-refractivity contribution is -0.143. The zero-order valence-corrected chi connectivity index (χ0v) is 18.3. The molecule has 0 atom stereocenters. The van der Waals surface area contributed by atoms with Crippen molar-refractivity contribution in [1.29, 1.82) is 0 Å². The van der Waals surface area contributed by atoms with Crippen LogP contribution in [0.4, 0.5) is 5.69 Å². The highest BCUT2D eigenvalue weighted by Gasteiger charge is 2.21. The van der Waals surface area contributed by atoms with Crippen LogP contribution in [-0.2, 0) is 25.5 Å². The van der Waals surface area contributed by atoms with Crippen LogP contribution in [0.3, 0.4) is 0 Å². The maximum Gasteiger partial charge on any atom is 0.305 e. The van der Waals surface area contributed by atoms with Crippen molar-refractivity contribution in [3.05, 3.63) is 65.7 Å². The van der Waals surface area contributed by atoms with E-state index in [9.17, 15) is 14.4 Å². The summed E-state index contributed by atoms with van der Waals surface area (Å²) in [4.78, 5) is 38.8. The van der Waals surface area contributed by atoms with E-state index in [0.717, 1.165) is 12.8 Å². The number of rotatable bonds is 10. The van der Waals surface area contributed by atoms with Crippen LogP contribution in [0.2, 0.25) is 0 Å². The van der Waals surface area contributed by atoms with E-state index in [2.05, 4.69) is 5.32 Å². The molecule has 1 N–H and O–H groups in total. The van der Waals surface area contributed by atoms with Crippen LogP contribution >= 0.6 is 0 Å². The molecule has 3 rings (SSSR count). The number of hydrogen-bond donors (Lipinski definition) is 1. The van der Waals surface area contributed by atoms with Crippen molar-refractivity contribution < 1.29 is 23.9 Å². The van der Waals surface area contributed by atoms with Crippen molar-refractivity contribution in [2.75, 3.05) is 38.2 Å². The lowest BCUT2D eigenvalue weighted by Crippen LogP contribution is -2.41. The molecule has 32 heavy (non-hydrogen) atoms. The van der Waals surface area contributed by atoms with Crippen molar-refractivity contribution in [2.24, 2.45) is 0 Å². The summed E-state index contributed by atoms with van der Waals surface area (Å²) in [5.41, 5.74) is 2.16. The van der Waals surface area contributed by atoms with Crippen LogP contribution in [0.1, 0.15) is 41.6 Å².